The fourth-order valence-electron chi connectivity index (χ4n) is 1.57. The van der Waals surface area contributed by atoms with Crippen LogP contribution in [0.25, 0.3) is 0 Å². The third-order valence-electron chi connectivity index (χ3n) is 2.69. The molecule has 2 rings (SSSR count). The summed E-state index contributed by atoms with van der Waals surface area (Å²) in [6.45, 7) is 2.47. The van der Waals surface area contributed by atoms with Crippen molar-refractivity contribution in [2.75, 3.05) is 0 Å². The van der Waals surface area contributed by atoms with E-state index in [1.807, 2.05) is 42.8 Å². The minimum absolute atomic E-state index is 0.0234. The van der Waals surface area contributed by atoms with Crippen molar-refractivity contribution in [2.45, 2.75) is 19.6 Å². The average Bonchev–Trinajstić information content (AvgIpc) is 2.72. The van der Waals surface area contributed by atoms with Gasteiger partial charge in [0.05, 0.1) is 18.2 Å². The summed E-state index contributed by atoms with van der Waals surface area (Å²) in [6.07, 6.45) is 3.56. The molecule has 2 aromatic rings. The van der Waals surface area contributed by atoms with E-state index in [1.54, 1.807) is 12.5 Å². The molecule has 2 N–H and O–H groups in total. The van der Waals surface area contributed by atoms with E-state index in [0.717, 1.165) is 17.0 Å². The predicted octanol–water partition coefficient (Wildman–Crippen LogP) is 2.02. The molecule has 0 amide bonds. The highest BCUT2D eigenvalue weighted by atomic mass is 16.5. The molecule has 0 spiro atoms. The third kappa shape index (κ3) is 2.85. The van der Waals surface area contributed by atoms with Crippen molar-refractivity contribution in [3.05, 3.63) is 48.0 Å². The lowest BCUT2D eigenvalue weighted by molar-refractivity contribution is 0.296. The average molecular weight is 231 g/mol. The van der Waals surface area contributed by atoms with E-state index in [-0.39, 0.29) is 6.04 Å². The van der Waals surface area contributed by atoms with Crippen LogP contribution in [-0.4, -0.2) is 9.55 Å². The van der Waals surface area contributed by atoms with E-state index in [2.05, 4.69) is 4.98 Å². The van der Waals surface area contributed by atoms with Gasteiger partial charge in [-0.1, -0.05) is 12.1 Å². The largest absolute Gasteiger partial charge is 0.487 e. The summed E-state index contributed by atoms with van der Waals surface area (Å²) in [4.78, 5) is 4.04. The van der Waals surface area contributed by atoms with Crippen LogP contribution in [0.3, 0.4) is 0 Å². The van der Waals surface area contributed by atoms with Gasteiger partial charge in [0.1, 0.15) is 12.4 Å². The van der Waals surface area contributed by atoms with Crippen LogP contribution < -0.4 is 10.5 Å². The molecule has 0 aliphatic heterocycles. The second kappa shape index (κ2) is 5.01. The van der Waals surface area contributed by atoms with Gasteiger partial charge in [0, 0.05) is 13.1 Å². The van der Waals surface area contributed by atoms with Crippen molar-refractivity contribution in [3.63, 3.8) is 0 Å². The van der Waals surface area contributed by atoms with E-state index in [9.17, 15) is 0 Å². The number of ether oxygens (including phenoxy) is 1. The van der Waals surface area contributed by atoms with Gasteiger partial charge < -0.3 is 15.0 Å². The monoisotopic (exact) mass is 231 g/mol. The fraction of sp³-hybridized carbons (Fsp3) is 0.308. The van der Waals surface area contributed by atoms with Gasteiger partial charge in [-0.25, -0.2) is 4.98 Å². The smallest absolute Gasteiger partial charge is 0.130 e. The number of hydrogen-bond donors (Lipinski definition) is 1. The Bertz CT molecular complexity index is 491. The van der Waals surface area contributed by atoms with Crippen LogP contribution in [0.5, 0.6) is 5.75 Å². The molecular formula is C13H17N3O. The van der Waals surface area contributed by atoms with Gasteiger partial charge in [-0.15, -0.1) is 0 Å². The highest BCUT2D eigenvalue weighted by Gasteiger charge is 2.03. The Morgan fingerprint density at radius 3 is 2.94 bits per heavy atom. The molecule has 90 valence electrons. The van der Waals surface area contributed by atoms with Crippen LogP contribution in [-0.2, 0) is 13.7 Å². The first-order chi connectivity index (χ1) is 8.16. The summed E-state index contributed by atoms with van der Waals surface area (Å²) in [5, 5.41) is 0. The predicted molar refractivity (Wildman–Crippen MR) is 66.6 cm³/mol. The number of rotatable bonds is 4. The zero-order valence-electron chi connectivity index (χ0n) is 10.1. The molecule has 17 heavy (non-hydrogen) atoms. The van der Waals surface area contributed by atoms with Gasteiger partial charge in [-0.3, -0.25) is 0 Å². The zero-order chi connectivity index (χ0) is 12.3. The lowest BCUT2D eigenvalue weighted by atomic mass is 10.1. The molecule has 1 heterocycles. The van der Waals surface area contributed by atoms with Crippen LogP contribution in [0.1, 0.15) is 24.2 Å². The number of imidazole rings is 1. The summed E-state index contributed by atoms with van der Waals surface area (Å²) < 4.78 is 7.65. The first-order valence-electron chi connectivity index (χ1n) is 5.60. The molecule has 0 saturated carbocycles. The summed E-state index contributed by atoms with van der Waals surface area (Å²) in [5.74, 6) is 0.834. The van der Waals surface area contributed by atoms with Gasteiger partial charge in [-0.05, 0) is 24.6 Å². The third-order valence-corrected chi connectivity index (χ3v) is 2.69. The number of hydrogen-bond acceptors (Lipinski definition) is 3. The normalized spacial score (nSPS) is 12.4. The number of benzene rings is 1. The molecular weight excluding hydrogens is 214 g/mol. The standard InChI is InChI=1S/C13H17N3O/c1-10(14)11-4-3-5-13(6-11)17-8-12-7-15-9-16(12)2/h3-7,9-10H,8,14H2,1-2H3. The molecule has 0 radical (unpaired) electrons. The maximum absolute atomic E-state index is 5.83. The summed E-state index contributed by atoms with van der Waals surface area (Å²) >= 11 is 0. The first kappa shape index (κ1) is 11.7. The zero-order valence-corrected chi connectivity index (χ0v) is 10.1. The Morgan fingerprint density at radius 2 is 2.29 bits per heavy atom. The lowest BCUT2D eigenvalue weighted by Gasteiger charge is -2.10. The second-order valence-corrected chi connectivity index (χ2v) is 4.15. The van der Waals surface area contributed by atoms with Crippen LogP contribution >= 0.6 is 0 Å². The molecule has 0 saturated heterocycles. The highest BCUT2D eigenvalue weighted by molar-refractivity contribution is 5.30. The fourth-order valence-corrected chi connectivity index (χ4v) is 1.57. The van der Waals surface area contributed by atoms with Crippen molar-refractivity contribution in [1.29, 1.82) is 0 Å². The molecule has 1 aromatic heterocycles. The van der Waals surface area contributed by atoms with Gasteiger partial charge in [0.25, 0.3) is 0 Å². The SMILES string of the molecule is CC(N)c1cccc(OCc2cncn2C)c1. The second-order valence-electron chi connectivity index (χ2n) is 4.15. The molecule has 4 nitrogen and oxygen atoms in total. The Morgan fingerprint density at radius 1 is 1.47 bits per heavy atom. The Kier molecular flexibility index (Phi) is 3.44. The van der Waals surface area contributed by atoms with E-state index < -0.39 is 0 Å². The first-order valence-corrected chi connectivity index (χ1v) is 5.60. The highest BCUT2D eigenvalue weighted by Crippen LogP contribution is 2.18. The summed E-state index contributed by atoms with van der Waals surface area (Å²) in [5.41, 5.74) is 7.94. The van der Waals surface area contributed by atoms with Crippen LogP contribution in [0.4, 0.5) is 0 Å². The maximum atomic E-state index is 5.83. The minimum Gasteiger partial charge on any atom is -0.487 e. The molecule has 1 aromatic carbocycles. The van der Waals surface area contributed by atoms with Crippen molar-refractivity contribution < 1.29 is 4.74 Å². The van der Waals surface area contributed by atoms with E-state index in [0.29, 0.717) is 6.61 Å². The van der Waals surface area contributed by atoms with Crippen LogP contribution in [0, 0.1) is 0 Å². The minimum atomic E-state index is 0.0234. The number of aryl methyl sites for hydroxylation is 1. The van der Waals surface area contributed by atoms with Gasteiger partial charge >= 0.3 is 0 Å². The van der Waals surface area contributed by atoms with Crippen molar-refractivity contribution in [1.82, 2.24) is 9.55 Å². The number of nitrogens with zero attached hydrogens (tertiary/aromatic N) is 2. The Balaban J connectivity index is 2.04. The van der Waals surface area contributed by atoms with E-state index >= 15 is 0 Å². The molecule has 0 aliphatic rings. The summed E-state index contributed by atoms with van der Waals surface area (Å²) in [6, 6.07) is 7.89. The maximum Gasteiger partial charge on any atom is 0.130 e. The van der Waals surface area contributed by atoms with E-state index in [1.165, 1.54) is 0 Å². The van der Waals surface area contributed by atoms with Gasteiger partial charge in [0.15, 0.2) is 0 Å². The van der Waals surface area contributed by atoms with Crippen LogP contribution in [0.15, 0.2) is 36.8 Å². The van der Waals surface area contributed by atoms with Gasteiger partial charge in [0.2, 0.25) is 0 Å². The topological polar surface area (TPSA) is 53.1 Å². The molecule has 1 atom stereocenters. The number of aromatic nitrogens is 2. The Hall–Kier alpha value is -1.81. The van der Waals surface area contributed by atoms with Crippen molar-refractivity contribution in [2.24, 2.45) is 12.8 Å². The molecule has 1 unspecified atom stereocenters. The molecule has 0 bridgehead atoms. The van der Waals surface area contributed by atoms with Crippen molar-refractivity contribution >= 4 is 0 Å². The lowest BCUT2D eigenvalue weighted by Crippen LogP contribution is -2.05. The summed E-state index contributed by atoms with van der Waals surface area (Å²) in [7, 11) is 1.95. The molecule has 0 fully saturated rings. The quantitative estimate of drug-likeness (QED) is 0.875. The molecule has 4 heteroatoms. The molecule has 0 aliphatic carbocycles. The van der Waals surface area contributed by atoms with Gasteiger partial charge in [-0.2, -0.15) is 0 Å². The van der Waals surface area contributed by atoms with Crippen molar-refractivity contribution in [3.8, 4) is 5.75 Å². The van der Waals surface area contributed by atoms with E-state index in [4.69, 9.17) is 10.5 Å². The van der Waals surface area contributed by atoms with Crippen LogP contribution in [0.2, 0.25) is 0 Å². The number of nitrogens with two attached hydrogens (primary N) is 1. The Labute approximate surface area is 101 Å².